The van der Waals surface area contributed by atoms with E-state index in [2.05, 4.69) is 40.2 Å². The highest BCUT2D eigenvalue weighted by Crippen LogP contribution is 2.35. The summed E-state index contributed by atoms with van der Waals surface area (Å²) in [5, 5.41) is 6.84. The molecule has 1 heterocycles. The number of halogens is 1. The van der Waals surface area contributed by atoms with Gasteiger partial charge in [-0.3, -0.25) is 9.80 Å². The molecule has 28 heavy (non-hydrogen) atoms. The summed E-state index contributed by atoms with van der Waals surface area (Å²) in [5.41, 5.74) is 3.80. The van der Waals surface area contributed by atoms with Gasteiger partial charge < -0.3 is 0 Å². The molecular formula is C24H19BrN2O. The number of carbonyl (C=O) groups excluding carboxylic acids is 1. The van der Waals surface area contributed by atoms with Crippen molar-refractivity contribution >= 4 is 33.1 Å². The van der Waals surface area contributed by atoms with Gasteiger partial charge in [-0.2, -0.15) is 5.10 Å². The Morgan fingerprint density at radius 2 is 1.57 bits per heavy atom. The number of allylic oxidation sites excluding steroid dienone is 2. The summed E-state index contributed by atoms with van der Waals surface area (Å²) in [7, 11) is 0. The normalized spacial score (nSPS) is 16.4. The van der Waals surface area contributed by atoms with E-state index in [0.717, 1.165) is 22.3 Å². The SMILES string of the molecule is O=C(/C=C/C1=NN(c2ccccc2)C(c2ccccc2)C1)c1ccc(Br)cc1. The zero-order chi connectivity index (χ0) is 19.3. The van der Waals surface area contributed by atoms with Gasteiger partial charge in [0.1, 0.15) is 0 Å². The average Bonchev–Trinajstić information content (AvgIpc) is 3.18. The molecular weight excluding hydrogens is 412 g/mol. The first-order valence-corrected chi connectivity index (χ1v) is 9.95. The van der Waals surface area contributed by atoms with Crippen molar-refractivity contribution in [3.8, 4) is 0 Å². The van der Waals surface area contributed by atoms with E-state index >= 15 is 0 Å². The maximum atomic E-state index is 12.4. The summed E-state index contributed by atoms with van der Waals surface area (Å²) in [5.74, 6) is -0.0235. The first-order chi connectivity index (χ1) is 13.7. The van der Waals surface area contributed by atoms with Gasteiger partial charge in [-0.15, -0.1) is 0 Å². The van der Waals surface area contributed by atoms with Gasteiger partial charge in [0.05, 0.1) is 17.4 Å². The Balaban J connectivity index is 1.59. The largest absolute Gasteiger partial charge is 0.289 e. The van der Waals surface area contributed by atoms with Crippen LogP contribution < -0.4 is 5.01 Å². The van der Waals surface area contributed by atoms with Gasteiger partial charge in [-0.25, -0.2) is 0 Å². The van der Waals surface area contributed by atoms with Crippen molar-refractivity contribution in [2.24, 2.45) is 5.10 Å². The molecule has 3 aromatic carbocycles. The fraction of sp³-hybridized carbons (Fsp3) is 0.0833. The number of carbonyl (C=O) groups is 1. The molecule has 1 aliphatic heterocycles. The Morgan fingerprint density at radius 1 is 0.929 bits per heavy atom. The fourth-order valence-electron chi connectivity index (χ4n) is 3.27. The second-order valence-corrected chi connectivity index (χ2v) is 7.52. The highest BCUT2D eigenvalue weighted by molar-refractivity contribution is 9.10. The van der Waals surface area contributed by atoms with Crippen LogP contribution in [0.3, 0.4) is 0 Å². The van der Waals surface area contributed by atoms with Crippen LogP contribution in [0.15, 0.2) is 107 Å². The van der Waals surface area contributed by atoms with Crippen LogP contribution in [-0.4, -0.2) is 11.5 Å². The molecule has 4 rings (SSSR count). The Kier molecular flexibility index (Phi) is 5.49. The van der Waals surface area contributed by atoms with Crippen molar-refractivity contribution in [1.82, 2.24) is 0 Å². The number of benzene rings is 3. The Hall–Kier alpha value is -2.98. The van der Waals surface area contributed by atoms with Crippen LogP contribution in [0.5, 0.6) is 0 Å². The molecule has 0 amide bonds. The number of hydrogen-bond donors (Lipinski definition) is 0. The minimum Gasteiger partial charge on any atom is -0.289 e. The van der Waals surface area contributed by atoms with Crippen LogP contribution in [0.1, 0.15) is 28.4 Å². The molecule has 0 saturated carbocycles. The van der Waals surface area contributed by atoms with Gasteiger partial charge in [-0.05, 0) is 54.1 Å². The molecule has 0 fully saturated rings. The number of hydrazone groups is 1. The molecule has 0 bridgehead atoms. The van der Waals surface area contributed by atoms with Gasteiger partial charge in [0, 0.05) is 16.5 Å². The van der Waals surface area contributed by atoms with E-state index in [9.17, 15) is 4.79 Å². The van der Waals surface area contributed by atoms with Crippen molar-refractivity contribution in [1.29, 1.82) is 0 Å². The van der Waals surface area contributed by atoms with Crippen molar-refractivity contribution in [3.63, 3.8) is 0 Å². The summed E-state index contributed by atoms with van der Waals surface area (Å²) >= 11 is 3.39. The predicted octanol–water partition coefficient (Wildman–Crippen LogP) is 6.20. The number of para-hydroxylation sites is 1. The summed E-state index contributed by atoms with van der Waals surface area (Å²) in [4.78, 5) is 12.4. The van der Waals surface area contributed by atoms with E-state index in [4.69, 9.17) is 5.10 Å². The maximum absolute atomic E-state index is 12.4. The lowest BCUT2D eigenvalue weighted by Crippen LogP contribution is -2.18. The first kappa shape index (κ1) is 18.4. The van der Waals surface area contributed by atoms with E-state index in [1.54, 1.807) is 6.08 Å². The number of ketones is 1. The summed E-state index contributed by atoms with van der Waals surface area (Å²) in [6, 6.07) is 28.0. The average molecular weight is 431 g/mol. The molecule has 1 atom stereocenters. The predicted molar refractivity (Wildman–Crippen MR) is 118 cm³/mol. The van der Waals surface area contributed by atoms with E-state index in [1.165, 1.54) is 5.56 Å². The maximum Gasteiger partial charge on any atom is 0.185 e. The van der Waals surface area contributed by atoms with Crippen LogP contribution >= 0.6 is 15.9 Å². The van der Waals surface area contributed by atoms with Crippen LogP contribution in [-0.2, 0) is 0 Å². The summed E-state index contributed by atoms with van der Waals surface area (Å²) < 4.78 is 0.956. The van der Waals surface area contributed by atoms with Crippen molar-refractivity contribution in [3.05, 3.63) is 113 Å². The van der Waals surface area contributed by atoms with E-state index in [0.29, 0.717) is 5.56 Å². The van der Waals surface area contributed by atoms with E-state index in [1.807, 2.05) is 71.7 Å². The topological polar surface area (TPSA) is 32.7 Å². The number of anilines is 1. The number of rotatable bonds is 5. The van der Waals surface area contributed by atoms with Gasteiger partial charge >= 0.3 is 0 Å². The number of hydrogen-bond acceptors (Lipinski definition) is 3. The molecule has 0 radical (unpaired) electrons. The lowest BCUT2D eigenvalue weighted by atomic mass is 10.0. The monoisotopic (exact) mass is 430 g/mol. The lowest BCUT2D eigenvalue weighted by molar-refractivity contribution is 0.104. The third-order valence-corrected chi connectivity index (χ3v) is 5.22. The fourth-order valence-corrected chi connectivity index (χ4v) is 3.53. The molecule has 0 spiro atoms. The zero-order valence-corrected chi connectivity index (χ0v) is 16.8. The molecule has 0 saturated heterocycles. The lowest BCUT2D eigenvalue weighted by Gasteiger charge is -2.23. The van der Waals surface area contributed by atoms with Crippen LogP contribution in [0, 0.1) is 0 Å². The van der Waals surface area contributed by atoms with Gasteiger partial charge in [0.25, 0.3) is 0 Å². The molecule has 0 N–H and O–H groups in total. The van der Waals surface area contributed by atoms with E-state index < -0.39 is 0 Å². The minimum atomic E-state index is -0.0235. The molecule has 3 aromatic rings. The van der Waals surface area contributed by atoms with Gasteiger partial charge in [0.15, 0.2) is 5.78 Å². The molecule has 1 aliphatic rings. The third kappa shape index (κ3) is 4.12. The third-order valence-electron chi connectivity index (χ3n) is 4.69. The molecule has 3 nitrogen and oxygen atoms in total. The highest BCUT2D eigenvalue weighted by atomic mass is 79.9. The standard InChI is InChI=1S/C24H19BrN2O/c25-20-13-11-19(12-14-20)24(28)16-15-21-17-23(18-7-3-1-4-8-18)27(26-21)22-9-5-2-6-10-22/h1-16,23H,17H2/b16-15+. The Bertz CT molecular complexity index is 1010. The Labute approximate surface area is 173 Å². The highest BCUT2D eigenvalue weighted by Gasteiger charge is 2.28. The van der Waals surface area contributed by atoms with E-state index in [-0.39, 0.29) is 11.8 Å². The smallest absolute Gasteiger partial charge is 0.185 e. The van der Waals surface area contributed by atoms with Crippen molar-refractivity contribution < 1.29 is 4.79 Å². The Morgan fingerprint density at radius 3 is 2.25 bits per heavy atom. The molecule has 138 valence electrons. The zero-order valence-electron chi connectivity index (χ0n) is 15.2. The van der Waals surface area contributed by atoms with Gasteiger partial charge in [0.2, 0.25) is 0 Å². The first-order valence-electron chi connectivity index (χ1n) is 9.15. The second-order valence-electron chi connectivity index (χ2n) is 6.61. The molecule has 4 heteroatoms. The second kappa shape index (κ2) is 8.36. The summed E-state index contributed by atoms with van der Waals surface area (Å²) in [6.07, 6.45) is 4.20. The minimum absolute atomic E-state index is 0.0235. The molecule has 1 unspecified atom stereocenters. The van der Waals surface area contributed by atoms with Crippen LogP contribution in [0.25, 0.3) is 0 Å². The summed E-state index contributed by atoms with van der Waals surface area (Å²) in [6.45, 7) is 0. The van der Waals surface area contributed by atoms with Crippen molar-refractivity contribution in [2.45, 2.75) is 12.5 Å². The number of nitrogens with zero attached hydrogens (tertiary/aromatic N) is 2. The van der Waals surface area contributed by atoms with Gasteiger partial charge in [-0.1, -0.05) is 64.5 Å². The molecule has 0 aromatic heterocycles. The van der Waals surface area contributed by atoms with Crippen LogP contribution in [0.2, 0.25) is 0 Å². The molecule has 0 aliphatic carbocycles. The van der Waals surface area contributed by atoms with Crippen LogP contribution in [0.4, 0.5) is 5.69 Å². The quantitative estimate of drug-likeness (QED) is 0.356. The van der Waals surface area contributed by atoms with Crippen molar-refractivity contribution in [2.75, 3.05) is 5.01 Å².